The molecule has 2 aromatic carbocycles. The molecular formula is C19H15ClF4N2O3S. The van der Waals surface area contributed by atoms with Gasteiger partial charge in [0.25, 0.3) is 5.91 Å². The van der Waals surface area contributed by atoms with Crippen molar-refractivity contribution >= 4 is 32.3 Å². The van der Waals surface area contributed by atoms with Gasteiger partial charge in [-0.3, -0.25) is 4.79 Å². The Morgan fingerprint density at radius 2 is 1.73 bits per heavy atom. The van der Waals surface area contributed by atoms with Crippen molar-refractivity contribution in [3.8, 4) is 0 Å². The highest BCUT2D eigenvalue weighted by atomic mass is 35.5. The number of benzene rings is 2. The minimum atomic E-state index is -5.12. The van der Waals surface area contributed by atoms with Gasteiger partial charge in [-0.2, -0.15) is 8.78 Å². The highest BCUT2D eigenvalue weighted by Gasteiger charge is 2.54. The van der Waals surface area contributed by atoms with Crippen molar-refractivity contribution < 1.29 is 31.4 Å². The van der Waals surface area contributed by atoms with Gasteiger partial charge in [0.05, 0.1) is 0 Å². The third-order valence-electron chi connectivity index (χ3n) is 4.19. The Bertz CT molecular complexity index is 1140. The molecule has 1 aliphatic rings. The summed E-state index contributed by atoms with van der Waals surface area (Å²) in [5.41, 5.74) is -3.09. The molecule has 0 aliphatic carbocycles. The first-order valence-electron chi connectivity index (χ1n) is 8.51. The molecule has 0 spiro atoms. The monoisotopic (exact) mass is 462 g/mol. The lowest BCUT2D eigenvalue weighted by Gasteiger charge is -2.22. The molecule has 0 fully saturated rings. The molecule has 1 heterocycles. The van der Waals surface area contributed by atoms with Gasteiger partial charge >= 0.3 is 5.25 Å². The van der Waals surface area contributed by atoms with E-state index in [2.05, 4.69) is 9.52 Å². The molecule has 1 unspecified atom stereocenters. The molecule has 1 amide bonds. The highest BCUT2D eigenvalue weighted by molar-refractivity contribution is 8.09. The van der Waals surface area contributed by atoms with Crippen LogP contribution in [-0.4, -0.2) is 20.8 Å². The Morgan fingerprint density at radius 1 is 1.17 bits per heavy atom. The number of alkyl halides is 2. The van der Waals surface area contributed by atoms with Crippen molar-refractivity contribution in [2.75, 3.05) is 0 Å². The predicted molar refractivity (Wildman–Crippen MR) is 104 cm³/mol. The van der Waals surface area contributed by atoms with E-state index in [1.807, 2.05) is 0 Å². The smallest absolute Gasteiger partial charge is 0.365 e. The molecule has 1 atom stereocenters. The lowest BCUT2D eigenvalue weighted by Crippen LogP contribution is -2.36. The van der Waals surface area contributed by atoms with Gasteiger partial charge in [0, 0.05) is 17.0 Å². The summed E-state index contributed by atoms with van der Waals surface area (Å²) in [5, 5.41) is -1.82. The predicted octanol–water partition coefficient (Wildman–Crippen LogP) is 5.49. The van der Waals surface area contributed by atoms with Crippen molar-refractivity contribution in [3.05, 3.63) is 70.2 Å². The molecule has 2 aromatic rings. The van der Waals surface area contributed by atoms with Crippen LogP contribution in [0.2, 0.25) is 5.02 Å². The average Bonchev–Trinajstić information content (AvgIpc) is 3.02. The van der Waals surface area contributed by atoms with Gasteiger partial charge in [-0.25, -0.2) is 13.0 Å². The van der Waals surface area contributed by atoms with E-state index in [0.717, 1.165) is 6.07 Å². The first kappa shape index (κ1) is 22.2. The molecule has 30 heavy (non-hydrogen) atoms. The minimum Gasteiger partial charge on any atom is -0.389 e. The Labute approximate surface area is 174 Å². The highest BCUT2D eigenvalue weighted by Crippen LogP contribution is 2.43. The van der Waals surface area contributed by atoms with E-state index < -0.39 is 55.2 Å². The van der Waals surface area contributed by atoms with E-state index >= 15 is 8.78 Å². The van der Waals surface area contributed by atoms with Gasteiger partial charge in [-0.15, -0.1) is 4.36 Å². The first-order valence-corrected chi connectivity index (χ1v) is 10.4. The van der Waals surface area contributed by atoms with Crippen LogP contribution in [0.1, 0.15) is 36.2 Å². The first-order chi connectivity index (χ1) is 13.9. The fraction of sp³-hybridized carbons (Fsp3) is 0.263. The number of amides is 1. The summed E-state index contributed by atoms with van der Waals surface area (Å²) in [5.74, 6) is -4.57. The molecule has 1 aliphatic heterocycles. The van der Waals surface area contributed by atoms with E-state index in [4.69, 9.17) is 16.4 Å². The number of rotatable bonds is 3. The van der Waals surface area contributed by atoms with Crippen LogP contribution in [0.25, 0.3) is 0 Å². The van der Waals surface area contributed by atoms with Crippen molar-refractivity contribution in [2.45, 2.75) is 31.1 Å². The van der Waals surface area contributed by atoms with Crippen LogP contribution >= 0.6 is 11.6 Å². The van der Waals surface area contributed by atoms with Crippen LogP contribution in [0.4, 0.5) is 17.6 Å². The van der Waals surface area contributed by atoms with Crippen molar-refractivity contribution in [3.63, 3.8) is 0 Å². The standard InChI is InChI=1S/C19H15ClF4N2O3S/c1-18(2)10-15(25-29-18)30(28,26-17(27)11-6-8-12(20)9-7-11)19(23,24)16-13(21)4-3-5-14(16)22/h3-9H,10H2,1-2H3. The molecule has 5 nitrogen and oxygen atoms in total. The zero-order chi connectivity index (χ0) is 22.3. The number of halogens is 5. The summed E-state index contributed by atoms with van der Waals surface area (Å²) < 4.78 is 75.9. The number of oxime groups is 1. The van der Waals surface area contributed by atoms with Crippen LogP contribution < -0.4 is 0 Å². The van der Waals surface area contributed by atoms with Crippen LogP contribution in [0, 0.1) is 11.6 Å². The van der Waals surface area contributed by atoms with Crippen molar-refractivity contribution in [1.29, 1.82) is 0 Å². The molecule has 0 saturated carbocycles. The van der Waals surface area contributed by atoms with E-state index in [1.54, 1.807) is 0 Å². The molecule has 0 aromatic heterocycles. The maximum absolute atomic E-state index is 15.4. The Morgan fingerprint density at radius 3 is 2.23 bits per heavy atom. The summed E-state index contributed by atoms with van der Waals surface area (Å²) in [7, 11) is -5.12. The zero-order valence-corrected chi connectivity index (χ0v) is 17.2. The second kappa shape index (κ2) is 7.66. The number of hydrogen-bond acceptors (Lipinski definition) is 4. The minimum absolute atomic E-state index is 0.198. The number of carbonyl (C=O) groups is 1. The Kier molecular flexibility index (Phi) is 5.68. The summed E-state index contributed by atoms with van der Waals surface area (Å²) in [4.78, 5) is 17.5. The molecular weight excluding hydrogens is 448 g/mol. The van der Waals surface area contributed by atoms with Gasteiger partial charge in [0.1, 0.15) is 22.8 Å². The van der Waals surface area contributed by atoms with Crippen LogP contribution in [-0.2, 0) is 19.8 Å². The average molecular weight is 463 g/mol. The van der Waals surface area contributed by atoms with E-state index in [1.165, 1.54) is 38.1 Å². The van der Waals surface area contributed by atoms with Gasteiger partial charge < -0.3 is 4.84 Å². The summed E-state index contributed by atoms with van der Waals surface area (Å²) in [6, 6.07) is 7.04. The maximum Gasteiger partial charge on any atom is 0.365 e. The topological polar surface area (TPSA) is 68.1 Å². The quantitative estimate of drug-likeness (QED) is 0.566. The van der Waals surface area contributed by atoms with Gasteiger partial charge in [0.15, 0.2) is 14.8 Å². The largest absolute Gasteiger partial charge is 0.389 e. The normalized spacial score (nSPS) is 17.6. The number of nitrogens with zero attached hydrogens (tertiary/aromatic N) is 2. The van der Waals surface area contributed by atoms with E-state index in [0.29, 0.717) is 12.1 Å². The van der Waals surface area contributed by atoms with Gasteiger partial charge in [0.2, 0.25) is 0 Å². The Balaban J connectivity index is 2.24. The fourth-order valence-corrected chi connectivity index (χ4v) is 4.82. The summed E-state index contributed by atoms with van der Waals surface area (Å²) in [6.07, 6.45) is -0.394. The lowest BCUT2D eigenvalue weighted by molar-refractivity contribution is 0.0123. The van der Waals surface area contributed by atoms with E-state index in [9.17, 15) is 17.8 Å². The third-order valence-corrected chi connectivity index (χ3v) is 6.63. The second-order valence-corrected chi connectivity index (χ2v) is 9.71. The molecule has 0 bridgehead atoms. The van der Waals surface area contributed by atoms with Gasteiger partial charge in [-0.1, -0.05) is 22.8 Å². The van der Waals surface area contributed by atoms with E-state index in [-0.39, 0.29) is 10.6 Å². The zero-order valence-electron chi connectivity index (χ0n) is 15.7. The number of hydrogen-bond donors (Lipinski definition) is 0. The molecule has 0 radical (unpaired) electrons. The molecule has 3 rings (SSSR count). The SMILES string of the molecule is CC1(C)CC(S(=O)(=NC(=O)c2ccc(Cl)cc2)C(F)(F)c2c(F)cccc2F)=NO1. The summed E-state index contributed by atoms with van der Waals surface area (Å²) >= 11 is 5.73. The van der Waals surface area contributed by atoms with Crippen molar-refractivity contribution in [1.82, 2.24) is 0 Å². The third kappa shape index (κ3) is 3.93. The molecule has 11 heteroatoms. The fourth-order valence-electron chi connectivity index (χ4n) is 2.69. The number of carbonyl (C=O) groups excluding carboxylic acids is 1. The molecule has 160 valence electrons. The molecule has 0 saturated heterocycles. The second-order valence-electron chi connectivity index (χ2n) is 7.06. The van der Waals surface area contributed by atoms with Gasteiger partial charge in [-0.05, 0) is 50.2 Å². The maximum atomic E-state index is 15.4. The Hall–Kier alpha value is -2.46. The van der Waals surface area contributed by atoms with Crippen LogP contribution in [0.5, 0.6) is 0 Å². The lowest BCUT2D eigenvalue weighted by atomic mass is 10.1. The molecule has 0 N–H and O–H groups in total. The van der Waals surface area contributed by atoms with Crippen molar-refractivity contribution in [2.24, 2.45) is 9.52 Å². The summed E-state index contributed by atoms with van der Waals surface area (Å²) in [6.45, 7) is 2.96. The van der Waals surface area contributed by atoms with Crippen LogP contribution in [0.3, 0.4) is 0 Å². The van der Waals surface area contributed by atoms with Crippen LogP contribution in [0.15, 0.2) is 52.0 Å².